The second-order valence-electron chi connectivity index (χ2n) is 7.57. The third-order valence-corrected chi connectivity index (χ3v) is 6.08. The van der Waals surface area contributed by atoms with Gasteiger partial charge in [-0.3, -0.25) is 0 Å². The predicted molar refractivity (Wildman–Crippen MR) is 127 cm³/mol. The fourth-order valence-electron chi connectivity index (χ4n) is 3.16. The molecule has 0 aliphatic carbocycles. The van der Waals surface area contributed by atoms with Crippen molar-refractivity contribution in [2.75, 3.05) is 12.4 Å². The lowest BCUT2D eigenvalue weighted by molar-refractivity contribution is 0.0974. The topological polar surface area (TPSA) is 35.5 Å². The normalized spacial score (nSPS) is 10.7. The van der Waals surface area contributed by atoms with E-state index < -0.39 is 6.16 Å². The Labute approximate surface area is 186 Å². The highest BCUT2D eigenvalue weighted by Gasteiger charge is 2.06. The molecule has 0 atom stereocenters. The maximum absolute atomic E-state index is 11.7. The maximum Gasteiger partial charge on any atom is 0.513 e. The van der Waals surface area contributed by atoms with E-state index in [1.54, 1.807) is 0 Å². The molecule has 0 bridgehead atoms. The number of thioether (sulfide) groups is 1. The first kappa shape index (κ1) is 24.3. The Morgan fingerprint density at radius 3 is 1.97 bits per heavy atom. The molecule has 30 heavy (non-hydrogen) atoms. The first-order valence-corrected chi connectivity index (χ1v) is 12.4. The summed E-state index contributed by atoms with van der Waals surface area (Å²) in [5.41, 5.74) is 2.26. The van der Waals surface area contributed by atoms with Crippen molar-refractivity contribution in [1.29, 1.82) is 0 Å². The van der Waals surface area contributed by atoms with E-state index in [9.17, 15) is 4.79 Å². The smallest absolute Gasteiger partial charge is 0.434 e. The number of rotatable bonds is 14. The minimum absolute atomic E-state index is 0.411. The molecular weight excluding hydrogens is 392 g/mol. The molecule has 0 radical (unpaired) electrons. The van der Waals surface area contributed by atoms with E-state index in [1.807, 2.05) is 36.0 Å². The Hall–Kier alpha value is -1.94. The van der Waals surface area contributed by atoms with Gasteiger partial charge in [-0.2, -0.15) is 0 Å². The van der Waals surface area contributed by atoms with Crippen molar-refractivity contribution in [3.63, 3.8) is 0 Å². The fourth-order valence-corrected chi connectivity index (χ4v) is 4.08. The van der Waals surface area contributed by atoms with Crippen molar-refractivity contribution in [2.24, 2.45) is 0 Å². The van der Waals surface area contributed by atoms with Crippen LogP contribution in [0, 0.1) is 0 Å². The summed E-state index contributed by atoms with van der Waals surface area (Å²) in [6.45, 7) is 4.78. The van der Waals surface area contributed by atoms with Gasteiger partial charge in [0.2, 0.25) is 0 Å². The second kappa shape index (κ2) is 15.0. The van der Waals surface area contributed by atoms with Crippen LogP contribution in [0.25, 0.3) is 11.1 Å². The lowest BCUT2D eigenvalue weighted by Crippen LogP contribution is -2.11. The largest absolute Gasteiger partial charge is 0.513 e. The molecule has 0 aliphatic heterocycles. The number of ether oxygens (including phenoxy) is 2. The molecule has 4 heteroatoms. The minimum Gasteiger partial charge on any atom is -0.434 e. The maximum atomic E-state index is 11.7. The molecule has 2 aromatic rings. The van der Waals surface area contributed by atoms with Gasteiger partial charge in [0.1, 0.15) is 5.75 Å². The molecule has 3 nitrogen and oxygen atoms in total. The first-order chi connectivity index (χ1) is 14.7. The van der Waals surface area contributed by atoms with Crippen LogP contribution in [-0.2, 0) is 4.74 Å². The molecule has 0 saturated carbocycles. The zero-order valence-electron chi connectivity index (χ0n) is 18.5. The van der Waals surface area contributed by atoms with Crippen LogP contribution >= 0.6 is 11.8 Å². The van der Waals surface area contributed by atoms with E-state index in [4.69, 9.17) is 9.47 Å². The summed E-state index contributed by atoms with van der Waals surface area (Å²) in [5, 5.41) is 0. The summed E-state index contributed by atoms with van der Waals surface area (Å²) in [5.74, 6) is 1.69. The number of benzene rings is 2. The molecule has 0 fully saturated rings. The Morgan fingerprint density at radius 1 is 0.733 bits per heavy atom. The standard InChI is InChI=1S/C26H36O3S/c1-3-5-7-8-9-11-21-30-25-18-14-23(15-19-25)22-12-16-24(17-13-22)29-26(27)28-20-10-6-4-2/h12-19H,3-11,20-21H2,1-2H3. The molecule has 2 rings (SSSR count). The molecule has 0 N–H and O–H groups in total. The van der Waals surface area contributed by atoms with Crippen LogP contribution in [0.3, 0.4) is 0 Å². The fraction of sp³-hybridized carbons (Fsp3) is 0.500. The number of carbonyl (C=O) groups is 1. The molecular formula is C26H36O3S. The third-order valence-electron chi connectivity index (χ3n) is 4.98. The quantitative estimate of drug-likeness (QED) is 0.131. The van der Waals surface area contributed by atoms with E-state index in [0.29, 0.717) is 12.4 Å². The zero-order valence-corrected chi connectivity index (χ0v) is 19.3. The summed E-state index contributed by atoms with van der Waals surface area (Å²) in [4.78, 5) is 13.0. The number of unbranched alkanes of at least 4 members (excludes halogenated alkanes) is 7. The van der Waals surface area contributed by atoms with Gasteiger partial charge in [0, 0.05) is 4.90 Å². The predicted octanol–water partition coefficient (Wildman–Crippen LogP) is 8.51. The lowest BCUT2D eigenvalue weighted by atomic mass is 10.1. The van der Waals surface area contributed by atoms with E-state index in [-0.39, 0.29) is 0 Å². The summed E-state index contributed by atoms with van der Waals surface area (Å²) in [6, 6.07) is 16.2. The average molecular weight is 429 g/mol. The van der Waals surface area contributed by atoms with Gasteiger partial charge in [-0.15, -0.1) is 11.8 Å². The van der Waals surface area contributed by atoms with Gasteiger partial charge in [-0.1, -0.05) is 83.1 Å². The van der Waals surface area contributed by atoms with Gasteiger partial charge >= 0.3 is 6.16 Å². The van der Waals surface area contributed by atoms with Crippen molar-refractivity contribution in [2.45, 2.75) is 76.5 Å². The highest BCUT2D eigenvalue weighted by Crippen LogP contribution is 2.26. The van der Waals surface area contributed by atoms with Crippen LogP contribution < -0.4 is 4.74 Å². The highest BCUT2D eigenvalue weighted by atomic mass is 32.2. The van der Waals surface area contributed by atoms with Crippen molar-refractivity contribution >= 4 is 17.9 Å². The van der Waals surface area contributed by atoms with Crippen molar-refractivity contribution < 1.29 is 14.3 Å². The zero-order chi connectivity index (χ0) is 21.4. The molecule has 0 saturated heterocycles. The van der Waals surface area contributed by atoms with Crippen LogP contribution in [0.5, 0.6) is 5.75 Å². The molecule has 0 amide bonds. The molecule has 0 aromatic heterocycles. The molecule has 0 aliphatic rings. The van der Waals surface area contributed by atoms with Gasteiger partial charge in [-0.05, 0) is 54.0 Å². The molecule has 0 unspecified atom stereocenters. The highest BCUT2D eigenvalue weighted by molar-refractivity contribution is 7.99. The Morgan fingerprint density at radius 2 is 1.30 bits per heavy atom. The third kappa shape index (κ3) is 9.71. The number of carbonyl (C=O) groups excluding carboxylic acids is 1. The number of hydrogen-bond acceptors (Lipinski definition) is 4. The number of hydrogen-bond donors (Lipinski definition) is 0. The molecule has 2 aromatic carbocycles. The SMILES string of the molecule is CCCCCCCCSc1ccc(-c2ccc(OC(=O)OCCCCC)cc2)cc1. The van der Waals surface area contributed by atoms with Gasteiger partial charge < -0.3 is 9.47 Å². The van der Waals surface area contributed by atoms with Crippen LogP contribution in [0.2, 0.25) is 0 Å². The molecule has 0 spiro atoms. The summed E-state index contributed by atoms with van der Waals surface area (Å²) >= 11 is 1.94. The van der Waals surface area contributed by atoms with Crippen molar-refractivity contribution in [1.82, 2.24) is 0 Å². The van der Waals surface area contributed by atoms with Crippen LogP contribution in [0.15, 0.2) is 53.4 Å². The van der Waals surface area contributed by atoms with E-state index in [2.05, 4.69) is 38.1 Å². The van der Waals surface area contributed by atoms with Crippen molar-refractivity contribution in [3.05, 3.63) is 48.5 Å². The van der Waals surface area contributed by atoms with E-state index in [1.165, 1.54) is 49.2 Å². The van der Waals surface area contributed by atoms with Crippen LogP contribution in [0.1, 0.15) is 71.6 Å². The Bertz CT molecular complexity index is 710. The van der Waals surface area contributed by atoms with Gasteiger partial charge in [0.05, 0.1) is 6.61 Å². The van der Waals surface area contributed by atoms with E-state index >= 15 is 0 Å². The average Bonchev–Trinajstić information content (AvgIpc) is 2.77. The van der Waals surface area contributed by atoms with Crippen molar-refractivity contribution in [3.8, 4) is 16.9 Å². The summed E-state index contributed by atoms with van der Waals surface area (Å²) in [7, 11) is 0. The van der Waals surface area contributed by atoms with Crippen LogP contribution in [-0.4, -0.2) is 18.5 Å². The van der Waals surface area contributed by atoms with Gasteiger partial charge in [0.15, 0.2) is 0 Å². The first-order valence-electron chi connectivity index (χ1n) is 11.4. The monoisotopic (exact) mass is 428 g/mol. The molecule has 164 valence electrons. The van der Waals surface area contributed by atoms with Gasteiger partial charge in [-0.25, -0.2) is 4.79 Å². The summed E-state index contributed by atoms with van der Waals surface area (Å²) in [6.07, 6.45) is 10.4. The van der Waals surface area contributed by atoms with Crippen LogP contribution in [0.4, 0.5) is 4.79 Å². The molecule has 0 heterocycles. The van der Waals surface area contributed by atoms with E-state index in [0.717, 1.165) is 30.4 Å². The lowest BCUT2D eigenvalue weighted by Gasteiger charge is -2.08. The second-order valence-corrected chi connectivity index (χ2v) is 8.74. The van der Waals surface area contributed by atoms with Gasteiger partial charge in [0.25, 0.3) is 0 Å². The Kier molecular flexibility index (Phi) is 12.1. The summed E-state index contributed by atoms with van der Waals surface area (Å²) < 4.78 is 10.3. The minimum atomic E-state index is -0.634. The Balaban J connectivity index is 1.73.